The third-order valence-electron chi connectivity index (χ3n) is 3.73. The number of carbonyl (C=O) groups is 1. The Morgan fingerprint density at radius 1 is 1.09 bits per heavy atom. The summed E-state index contributed by atoms with van der Waals surface area (Å²) in [5.74, 6) is 1.09. The van der Waals surface area contributed by atoms with Gasteiger partial charge in [0.2, 0.25) is 0 Å². The van der Waals surface area contributed by atoms with E-state index in [1.54, 1.807) is 26.4 Å². The lowest BCUT2D eigenvalue weighted by atomic mass is 10.1. The predicted octanol–water partition coefficient (Wildman–Crippen LogP) is 4.27. The number of methoxy groups -OCH3 is 2. The van der Waals surface area contributed by atoms with E-state index in [-0.39, 0.29) is 11.9 Å². The maximum Gasteiger partial charge on any atom is 0.252 e. The maximum absolute atomic E-state index is 12.5. The molecule has 0 spiro atoms. The van der Waals surface area contributed by atoms with E-state index in [9.17, 15) is 4.79 Å². The molecule has 0 aliphatic rings. The smallest absolute Gasteiger partial charge is 0.252 e. The summed E-state index contributed by atoms with van der Waals surface area (Å²) in [6, 6.07) is 11.2. The van der Waals surface area contributed by atoms with Gasteiger partial charge < -0.3 is 14.8 Å². The normalized spacial score (nSPS) is 11.7. The van der Waals surface area contributed by atoms with Gasteiger partial charge in [0.25, 0.3) is 5.91 Å². The van der Waals surface area contributed by atoms with Crippen LogP contribution < -0.4 is 14.8 Å². The number of ether oxygens (including phenoxy) is 2. The molecule has 0 radical (unpaired) electrons. The van der Waals surface area contributed by atoms with Gasteiger partial charge in [-0.3, -0.25) is 4.79 Å². The Morgan fingerprint density at radius 3 is 2.09 bits per heavy atom. The summed E-state index contributed by atoms with van der Waals surface area (Å²) >= 11 is 3.41. The van der Waals surface area contributed by atoms with Crippen molar-refractivity contribution in [3.63, 3.8) is 0 Å². The number of benzene rings is 2. The minimum absolute atomic E-state index is 0.103. The zero-order valence-corrected chi connectivity index (χ0v) is 15.2. The second kappa shape index (κ2) is 7.51. The molecule has 1 amide bonds. The summed E-state index contributed by atoms with van der Waals surface area (Å²) in [4.78, 5) is 12.5. The molecular formula is C18H20BrNO3. The average Bonchev–Trinajstić information content (AvgIpc) is 2.55. The second-order valence-electron chi connectivity index (χ2n) is 5.25. The highest BCUT2D eigenvalue weighted by Crippen LogP contribution is 2.29. The quantitative estimate of drug-likeness (QED) is 0.846. The van der Waals surface area contributed by atoms with E-state index < -0.39 is 0 Å². The van der Waals surface area contributed by atoms with Gasteiger partial charge in [0.05, 0.1) is 20.3 Å². The molecule has 2 aromatic carbocycles. The summed E-state index contributed by atoms with van der Waals surface area (Å²) in [7, 11) is 3.15. The molecule has 1 N–H and O–H groups in total. The lowest BCUT2D eigenvalue weighted by molar-refractivity contribution is 0.0939. The number of hydrogen-bond acceptors (Lipinski definition) is 3. The van der Waals surface area contributed by atoms with Crippen LogP contribution in [0.2, 0.25) is 0 Å². The van der Waals surface area contributed by atoms with Crippen LogP contribution in [-0.4, -0.2) is 20.1 Å². The molecule has 122 valence electrons. The van der Waals surface area contributed by atoms with E-state index >= 15 is 0 Å². The molecule has 23 heavy (non-hydrogen) atoms. The number of rotatable bonds is 5. The Balaban J connectivity index is 2.21. The summed E-state index contributed by atoms with van der Waals surface area (Å²) in [5.41, 5.74) is 2.41. The number of nitrogens with one attached hydrogen (secondary N) is 1. The first-order valence-corrected chi connectivity index (χ1v) is 8.04. The van der Waals surface area contributed by atoms with Gasteiger partial charge in [0, 0.05) is 15.6 Å². The largest absolute Gasteiger partial charge is 0.496 e. The molecule has 0 saturated heterocycles. The van der Waals surface area contributed by atoms with Gasteiger partial charge in [-0.25, -0.2) is 0 Å². The van der Waals surface area contributed by atoms with E-state index in [0.29, 0.717) is 17.1 Å². The Kier molecular flexibility index (Phi) is 5.66. The van der Waals surface area contributed by atoms with Crippen LogP contribution in [0.4, 0.5) is 0 Å². The van der Waals surface area contributed by atoms with Gasteiger partial charge in [-0.15, -0.1) is 0 Å². The van der Waals surface area contributed by atoms with Crippen molar-refractivity contribution in [1.29, 1.82) is 0 Å². The molecule has 4 nitrogen and oxygen atoms in total. The van der Waals surface area contributed by atoms with Crippen LogP contribution in [0.15, 0.2) is 40.9 Å². The summed E-state index contributed by atoms with van der Waals surface area (Å²) < 4.78 is 11.6. The molecule has 0 heterocycles. The minimum Gasteiger partial charge on any atom is -0.496 e. The molecule has 0 bridgehead atoms. The molecule has 2 aromatic rings. The fraction of sp³-hybridized carbons (Fsp3) is 0.278. The number of amides is 1. The molecular weight excluding hydrogens is 358 g/mol. The Morgan fingerprint density at radius 2 is 1.61 bits per heavy atom. The summed E-state index contributed by atoms with van der Waals surface area (Å²) in [5, 5.41) is 2.99. The lowest BCUT2D eigenvalue weighted by Crippen LogP contribution is -2.26. The first kappa shape index (κ1) is 17.3. The van der Waals surface area contributed by atoms with Gasteiger partial charge in [-0.1, -0.05) is 28.1 Å². The number of carbonyl (C=O) groups excluding carboxylic acids is 1. The van der Waals surface area contributed by atoms with Crippen molar-refractivity contribution >= 4 is 21.8 Å². The van der Waals surface area contributed by atoms with Crippen LogP contribution in [0.25, 0.3) is 0 Å². The fourth-order valence-corrected chi connectivity index (χ4v) is 2.60. The molecule has 1 atom stereocenters. The lowest BCUT2D eigenvalue weighted by Gasteiger charge is -2.16. The van der Waals surface area contributed by atoms with Gasteiger partial charge >= 0.3 is 0 Å². The van der Waals surface area contributed by atoms with Crippen molar-refractivity contribution in [3.05, 3.63) is 57.6 Å². The van der Waals surface area contributed by atoms with Crippen molar-refractivity contribution in [2.24, 2.45) is 0 Å². The SMILES string of the molecule is COc1cc(C(=O)NC(C)c2ccc(Br)cc2)cc(OC)c1C. The third kappa shape index (κ3) is 4.05. The zero-order valence-electron chi connectivity index (χ0n) is 13.6. The van der Waals surface area contributed by atoms with Crippen LogP contribution >= 0.6 is 15.9 Å². The van der Waals surface area contributed by atoms with Crippen LogP contribution in [0.1, 0.15) is 34.5 Å². The zero-order chi connectivity index (χ0) is 17.0. The van der Waals surface area contributed by atoms with E-state index in [0.717, 1.165) is 15.6 Å². The molecule has 2 rings (SSSR count). The van der Waals surface area contributed by atoms with Crippen LogP contribution in [0.3, 0.4) is 0 Å². The van der Waals surface area contributed by atoms with E-state index in [2.05, 4.69) is 21.2 Å². The fourth-order valence-electron chi connectivity index (χ4n) is 2.33. The van der Waals surface area contributed by atoms with Gasteiger partial charge in [0.1, 0.15) is 11.5 Å². The molecule has 1 unspecified atom stereocenters. The van der Waals surface area contributed by atoms with Crippen LogP contribution in [0.5, 0.6) is 11.5 Å². The Labute approximate surface area is 144 Å². The van der Waals surface area contributed by atoms with Crippen molar-refractivity contribution in [2.75, 3.05) is 14.2 Å². The Bertz CT molecular complexity index is 673. The summed E-state index contributed by atoms with van der Waals surface area (Å²) in [6.07, 6.45) is 0. The number of hydrogen-bond donors (Lipinski definition) is 1. The maximum atomic E-state index is 12.5. The van der Waals surface area contributed by atoms with E-state index in [1.807, 2.05) is 38.1 Å². The van der Waals surface area contributed by atoms with Crippen LogP contribution in [-0.2, 0) is 0 Å². The van der Waals surface area contributed by atoms with Gasteiger partial charge in [0.15, 0.2) is 0 Å². The highest BCUT2D eigenvalue weighted by atomic mass is 79.9. The van der Waals surface area contributed by atoms with Crippen molar-refractivity contribution in [3.8, 4) is 11.5 Å². The molecule has 0 saturated carbocycles. The highest BCUT2D eigenvalue weighted by Gasteiger charge is 2.16. The minimum atomic E-state index is -0.169. The van der Waals surface area contributed by atoms with Gasteiger partial charge in [-0.05, 0) is 43.7 Å². The monoisotopic (exact) mass is 377 g/mol. The highest BCUT2D eigenvalue weighted by molar-refractivity contribution is 9.10. The van der Waals surface area contributed by atoms with Crippen molar-refractivity contribution < 1.29 is 14.3 Å². The molecule has 0 fully saturated rings. The number of halogens is 1. The second-order valence-corrected chi connectivity index (χ2v) is 6.17. The third-order valence-corrected chi connectivity index (χ3v) is 4.26. The van der Waals surface area contributed by atoms with Crippen LogP contribution in [0, 0.1) is 6.92 Å². The first-order valence-electron chi connectivity index (χ1n) is 7.25. The standard InChI is InChI=1S/C18H20BrNO3/c1-11-16(22-3)9-14(10-17(11)23-4)18(21)20-12(2)13-5-7-15(19)8-6-13/h5-10,12H,1-4H3,(H,20,21). The summed E-state index contributed by atoms with van der Waals surface area (Å²) in [6.45, 7) is 3.84. The molecule has 0 aliphatic carbocycles. The van der Waals surface area contributed by atoms with E-state index in [1.165, 1.54) is 0 Å². The van der Waals surface area contributed by atoms with Gasteiger partial charge in [-0.2, -0.15) is 0 Å². The molecule has 5 heteroatoms. The first-order chi connectivity index (χ1) is 11.0. The predicted molar refractivity (Wildman–Crippen MR) is 94.3 cm³/mol. The van der Waals surface area contributed by atoms with Crippen molar-refractivity contribution in [2.45, 2.75) is 19.9 Å². The molecule has 0 aromatic heterocycles. The van der Waals surface area contributed by atoms with E-state index in [4.69, 9.17) is 9.47 Å². The topological polar surface area (TPSA) is 47.6 Å². The molecule has 0 aliphatic heterocycles. The Hall–Kier alpha value is -2.01. The average molecular weight is 378 g/mol. The van der Waals surface area contributed by atoms with Crippen molar-refractivity contribution in [1.82, 2.24) is 5.32 Å².